The van der Waals surface area contributed by atoms with Gasteiger partial charge >= 0.3 is 13.8 Å². The van der Waals surface area contributed by atoms with Crippen molar-refractivity contribution in [3.05, 3.63) is 60.8 Å². The number of rotatable bonds is 44. The van der Waals surface area contributed by atoms with E-state index in [1.165, 1.54) is 128 Å². The monoisotopic (exact) mass is 850 g/mol. The summed E-state index contributed by atoms with van der Waals surface area (Å²) in [6.07, 6.45) is 54.5. The number of carbonyl (C=O) groups is 2. The van der Waals surface area contributed by atoms with Crippen molar-refractivity contribution in [2.24, 2.45) is 0 Å². The summed E-state index contributed by atoms with van der Waals surface area (Å²) in [7, 11) is -4.44. The number of unbranched alkanes of at least 4 members (excludes halogenated alkanes) is 21. The number of aliphatic hydroxyl groups excluding tert-OH is 1. The number of hydrogen-bond donors (Lipinski definition) is 3. The van der Waals surface area contributed by atoms with Gasteiger partial charge in [0, 0.05) is 19.4 Å². The van der Waals surface area contributed by atoms with Crippen molar-refractivity contribution in [3.8, 4) is 0 Å². The Labute approximate surface area is 361 Å². The molecular weight excluding hydrogens is 762 g/mol. The Morgan fingerprint density at radius 2 is 0.932 bits per heavy atom. The van der Waals surface area contributed by atoms with Gasteiger partial charge in [0.25, 0.3) is 0 Å². The third-order valence-corrected chi connectivity index (χ3v) is 10.9. The van der Waals surface area contributed by atoms with Crippen molar-refractivity contribution in [2.75, 3.05) is 26.4 Å². The van der Waals surface area contributed by atoms with Crippen molar-refractivity contribution in [1.29, 1.82) is 0 Å². The van der Waals surface area contributed by atoms with Crippen molar-refractivity contribution in [2.45, 2.75) is 213 Å². The highest BCUT2D eigenvalue weighted by molar-refractivity contribution is 7.47. The lowest BCUT2D eigenvalue weighted by atomic mass is 10.0. The number of esters is 1. The molecule has 2 atom stereocenters. The first-order chi connectivity index (χ1) is 28.8. The highest BCUT2D eigenvalue weighted by Crippen LogP contribution is 2.42. The van der Waals surface area contributed by atoms with Crippen LogP contribution in [0.5, 0.6) is 0 Å². The molecule has 0 aliphatic rings. The summed E-state index contributed by atoms with van der Waals surface area (Å²) in [5, 5.41) is 12.7. The van der Waals surface area contributed by atoms with E-state index in [4.69, 9.17) is 13.8 Å². The molecule has 0 saturated carbocycles. The predicted molar refractivity (Wildman–Crippen MR) is 247 cm³/mol. The first-order valence-electron chi connectivity index (χ1n) is 23.8. The van der Waals surface area contributed by atoms with Crippen LogP contribution in [0.1, 0.15) is 206 Å². The Hall–Kier alpha value is -2.29. The quantitative estimate of drug-likeness (QED) is 0.0239. The second kappa shape index (κ2) is 45.2. The number of ether oxygens (including phenoxy) is 1. The molecule has 0 spiro atoms. The molecule has 9 nitrogen and oxygen atoms in total. The summed E-state index contributed by atoms with van der Waals surface area (Å²) >= 11 is 0. The summed E-state index contributed by atoms with van der Waals surface area (Å²) < 4.78 is 26.9. The second-order valence-electron chi connectivity index (χ2n) is 15.7. The molecule has 342 valence electrons. The van der Waals surface area contributed by atoms with Gasteiger partial charge in [-0.25, -0.2) is 4.57 Å². The summed E-state index contributed by atoms with van der Waals surface area (Å²) in [6.45, 7) is 3.46. The Morgan fingerprint density at radius 3 is 1.46 bits per heavy atom. The minimum Gasteiger partial charge on any atom is -0.463 e. The van der Waals surface area contributed by atoms with Gasteiger partial charge in [-0.15, -0.1) is 0 Å². The minimum absolute atomic E-state index is 0.0507. The van der Waals surface area contributed by atoms with E-state index in [1.807, 2.05) is 0 Å². The molecule has 2 unspecified atom stereocenters. The van der Waals surface area contributed by atoms with Gasteiger partial charge < -0.3 is 20.1 Å². The molecule has 0 radical (unpaired) electrons. The molecule has 10 heteroatoms. The first-order valence-corrected chi connectivity index (χ1v) is 25.3. The molecule has 0 rings (SSSR count). The van der Waals surface area contributed by atoms with E-state index >= 15 is 0 Å². The summed E-state index contributed by atoms with van der Waals surface area (Å²) in [4.78, 5) is 34.0. The lowest BCUT2D eigenvalue weighted by Gasteiger charge is -2.15. The molecule has 0 saturated heterocycles. The zero-order chi connectivity index (χ0) is 43.2. The zero-order valence-electron chi connectivity index (χ0n) is 37.7. The van der Waals surface area contributed by atoms with Crippen LogP contribution in [0.15, 0.2) is 60.8 Å². The SMILES string of the molecule is CCCCC/C=C\C/C=C\C/C=C\C/C=C\CCCC(=O)NCCOP(=O)(O)OCC(O)COC(=O)CCCCCCCCCCCCC/C=C/CCCCCCCC. The van der Waals surface area contributed by atoms with Crippen LogP contribution >= 0.6 is 7.82 Å². The topological polar surface area (TPSA) is 131 Å². The Bertz CT molecular complexity index is 1150. The highest BCUT2D eigenvalue weighted by Gasteiger charge is 2.23. The Kier molecular flexibility index (Phi) is 43.5. The van der Waals surface area contributed by atoms with Gasteiger partial charge in [-0.2, -0.15) is 0 Å². The molecule has 0 aromatic rings. The fourth-order valence-corrected chi connectivity index (χ4v) is 7.07. The van der Waals surface area contributed by atoms with Crippen molar-refractivity contribution < 1.29 is 37.9 Å². The molecule has 0 bridgehead atoms. The van der Waals surface area contributed by atoms with Crippen LogP contribution in [-0.2, 0) is 27.9 Å². The summed E-state index contributed by atoms with van der Waals surface area (Å²) in [5.74, 6) is -0.574. The van der Waals surface area contributed by atoms with E-state index in [9.17, 15) is 24.2 Å². The van der Waals surface area contributed by atoms with Crippen LogP contribution in [0.25, 0.3) is 0 Å². The molecule has 0 aliphatic carbocycles. The van der Waals surface area contributed by atoms with E-state index in [2.05, 4.69) is 79.9 Å². The molecule has 1 amide bonds. The average molecular weight is 850 g/mol. The van der Waals surface area contributed by atoms with Crippen LogP contribution in [0.4, 0.5) is 0 Å². The molecule has 0 aromatic carbocycles. The van der Waals surface area contributed by atoms with Gasteiger partial charge in [0.15, 0.2) is 0 Å². The maximum atomic E-state index is 12.1. The maximum absolute atomic E-state index is 12.1. The molecule has 0 fully saturated rings. The molecule has 0 heterocycles. The maximum Gasteiger partial charge on any atom is 0.472 e. The predicted octanol–water partition coefficient (Wildman–Crippen LogP) is 13.7. The largest absolute Gasteiger partial charge is 0.472 e. The van der Waals surface area contributed by atoms with Gasteiger partial charge in [0.2, 0.25) is 5.91 Å². The zero-order valence-corrected chi connectivity index (χ0v) is 38.6. The van der Waals surface area contributed by atoms with Crippen molar-refractivity contribution in [1.82, 2.24) is 5.32 Å². The third kappa shape index (κ3) is 46.6. The fraction of sp³-hybridized carbons (Fsp3) is 0.755. The van der Waals surface area contributed by atoms with Crippen LogP contribution in [0.2, 0.25) is 0 Å². The van der Waals surface area contributed by atoms with E-state index in [0.29, 0.717) is 12.8 Å². The average Bonchev–Trinajstić information content (AvgIpc) is 3.22. The van der Waals surface area contributed by atoms with E-state index < -0.39 is 26.5 Å². The molecular formula is C49H88NO8P. The number of phosphoric ester groups is 1. The Morgan fingerprint density at radius 1 is 0.525 bits per heavy atom. The van der Waals surface area contributed by atoms with E-state index in [1.54, 1.807) is 0 Å². The second-order valence-corrected chi connectivity index (χ2v) is 17.2. The minimum atomic E-state index is -4.44. The van der Waals surface area contributed by atoms with Gasteiger partial charge in [-0.1, -0.05) is 177 Å². The summed E-state index contributed by atoms with van der Waals surface area (Å²) in [6, 6.07) is 0. The smallest absolute Gasteiger partial charge is 0.463 e. The number of aliphatic hydroxyl groups is 1. The summed E-state index contributed by atoms with van der Waals surface area (Å²) in [5.41, 5.74) is 0. The standard InChI is InChI=1S/C49H88NO8P/c1-3-5-7-9-11-13-15-17-19-21-22-23-24-26-28-30-32-34-36-38-40-42-49(53)56-45-47(51)46-58-59(54,55)57-44-43-50-48(52)41-39-37-35-33-31-29-27-25-20-18-16-14-12-10-8-6-4-2/h12,14,17-20,27,29,33,35,47,51H,3-11,13,15-16,21-26,28,30-32,34,36-46H2,1-2H3,(H,50,52)(H,54,55)/b14-12-,19-17+,20-18-,29-27-,35-33-. The van der Waals surface area contributed by atoms with E-state index in [-0.39, 0.29) is 32.1 Å². The van der Waals surface area contributed by atoms with E-state index in [0.717, 1.165) is 44.9 Å². The number of carbonyl (C=O) groups excluding carboxylic acids is 2. The lowest BCUT2D eigenvalue weighted by Crippen LogP contribution is -2.27. The molecule has 0 aliphatic heterocycles. The van der Waals surface area contributed by atoms with Crippen LogP contribution in [-0.4, -0.2) is 54.3 Å². The third-order valence-electron chi connectivity index (χ3n) is 9.92. The van der Waals surface area contributed by atoms with Crippen LogP contribution < -0.4 is 5.32 Å². The van der Waals surface area contributed by atoms with Gasteiger partial charge in [0.05, 0.1) is 13.2 Å². The lowest BCUT2D eigenvalue weighted by molar-refractivity contribution is -0.147. The number of phosphoric acid groups is 1. The van der Waals surface area contributed by atoms with Crippen molar-refractivity contribution in [3.63, 3.8) is 0 Å². The van der Waals surface area contributed by atoms with Gasteiger partial charge in [-0.3, -0.25) is 18.6 Å². The van der Waals surface area contributed by atoms with Gasteiger partial charge in [0.1, 0.15) is 12.7 Å². The molecule has 3 N–H and O–H groups in total. The first kappa shape index (κ1) is 56.7. The highest BCUT2D eigenvalue weighted by atomic mass is 31.2. The van der Waals surface area contributed by atoms with Crippen molar-refractivity contribution >= 4 is 19.7 Å². The van der Waals surface area contributed by atoms with Crippen LogP contribution in [0, 0.1) is 0 Å². The van der Waals surface area contributed by atoms with Crippen LogP contribution in [0.3, 0.4) is 0 Å². The molecule has 59 heavy (non-hydrogen) atoms. The normalized spacial score (nSPS) is 13.8. The number of hydrogen-bond acceptors (Lipinski definition) is 7. The van der Waals surface area contributed by atoms with Gasteiger partial charge in [-0.05, 0) is 77.0 Å². The Balaban J connectivity index is 3.64. The number of amides is 1. The molecule has 0 aromatic heterocycles. The fourth-order valence-electron chi connectivity index (χ4n) is 6.31. The number of nitrogens with one attached hydrogen (secondary N) is 1. The number of allylic oxidation sites excluding steroid dienone is 10.